The molecule has 1 aromatic rings. The predicted octanol–water partition coefficient (Wildman–Crippen LogP) is 0.533. The summed E-state index contributed by atoms with van der Waals surface area (Å²) in [6.07, 6.45) is 0. The fraction of sp³-hybridized carbons (Fsp3) is 0.417. The molecule has 6 nitrogen and oxygen atoms in total. The Labute approximate surface area is 113 Å². The molecule has 3 N–H and O–H groups in total. The van der Waals surface area contributed by atoms with Crippen molar-refractivity contribution in [2.75, 3.05) is 25.0 Å². The van der Waals surface area contributed by atoms with E-state index < -0.39 is 10.0 Å². The van der Waals surface area contributed by atoms with Crippen LogP contribution in [0.1, 0.15) is 13.8 Å². The Hall–Kier alpha value is -1.44. The van der Waals surface area contributed by atoms with Gasteiger partial charge in [-0.1, -0.05) is 26.0 Å². The minimum Gasteiger partial charge on any atom is -0.324 e. The molecule has 0 aliphatic heterocycles. The summed E-state index contributed by atoms with van der Waals surface area (Å²) in [6, 6.07) is 6.31. The molecule has 0 fully saturated rings. The summed E-state index contributed by atoms with van der Waals surface area (Å²) >= 11 is 0. The molecule has 1 rings (SSSR count). The first-order valence-corrected chi connectivity index (χ1v) is 7.58. The van der Waals surface area contributed by atoms with Gasteiger partial charge in [0.2, 0.25) is 15.9 Å². The maximum atomic E-state index is 12.0. The average Bonchev–Trinajstić information content (AvgIpc) is 2.36. The normalized spacial score (nSPS) is 11.3. The van der Waals surface area contributed by atoms with Crippen LogP contribution in [-0.2, 0) is 14.8 Å². The predicted molar refractivity (Wildman–Crippen MR) is 74.5 cm³/mol. The van der Waals surface area contributed by atoms with Gasteiger partial charge in [-0.3, -0.25) is 4.79 Å². The minimum absolute atomic E-state index is 0.0710. The third kappa shape index (κ3) is 4.62. The van der Waals surface area contributed by atoms with E-state index in [1.54, 1.807) is 25.1 Å². The average molecular weight is 285 g/mol. The van der Waals surface area contributed by atoms with Gasteiger partial charge >= 0.3 is 0 Å². The molecule has 0 atom stereocenters. The van der Waals surface area contributed by atoms with Crippen LogP contribution in [0.4, 0.5) is 5.69 Å². The van der Waals surface area contributed by atoms with Crippen molar-refractivity contribution < 1.29 is 13.2 Å². The second-order valence-corrected chi connectivity index (χ2v) is 5.56. The number of nitrogens with one attached hydrogen (secondary N) is 3. The van der Waals surface area contributed by atoms with Crippen LogP contribution in [-0.4, -0.2) is 34.0 Å². The summed E-state index contributed by atoms with van der Waals surface area (Å²) < 4.78 is 26.3. The molecule has 1 amide bonds. The minimum atomic E-state index is -3.59. The quantitative estimate of drug-likeness (QED) is 0.682. The van der Waals surface area contributed by atoms with Crippen LogP contribution < -0.4 is 15.4 Å². The monoisotopic (exact) mass is 285 g/mol. The number of likely N-dealkylation sites (N-methyl/N-ethyl adjacent to an activating group) is 1. The molecule has 106 valence electrons. The van der Waals surface area contributed by atoms with Gasteiger partial charge in [-0.25, -0.2) is 13.1 Å². The first-order chi connectivity index (χ1) is 9.01. The number of amides is 1. The maximum Gasteiger partial charge on any atom is 0.242 e. The summed E-state index contributed by atoms with van der Waals surface area (Å²) in [5, 5.41) is 5.46. The maximum absolute atomic E-state index is 12.0. The topological polar surface area (TPSA) is 87.3 Å². The van der Waals surface area contributed by atoms with E-state index in [4.69, 9.17) is 0 Å². The SMILES string of the molecule is CCNCC(=O)Nc1ccccc1S(=O)(=O)NCC. The molecule has 19 heavy (non-hydrogen) atoms. The highest BCUT2D eigenvalue weighted by atomic mass is 32.2. The van der Waals surface area contributed by atoms with Crippen LogP contribution in [0.3, 0.4) is 0 Å². The molecule has 0 heterocycles. The van der Waals surface area contributed by atoms with Gasteiger partial charge in [0.15, 0.2) is 0 Å². The number of benzene rings is 1. The zero-order chi connectivity index (χ0) is 14.3. The molecule has 0 spiro atoms. The zero-order valence-corrected chi connectivity index (χ0v) is 11.9. The standard InChI is InChI=1S/C12H19N3O3S/c1-3-13-9-12(16)15-10-7-5-6-8-11(10)19(17,18)14-4-2/h5-8,13-14H,3-4,9H2,1-2H3,(H,15,16). The number of rotatable bonds is 7. The summed E-state index contributed by atoms with van der Waals surface area (Å²) in [7, 11) is -3.59. The van der Waals surface area contributed by atoms with E-state index in [1.165, 1.54) is 6.07 Å². The number of carbonyl (C=O) groups is 1. The fourth-order valence-corrected chi connectivity index (χ4v) is 2.71. The van der Waals surface area contributed by atoms with Crippen LogP contribution in [0, 0.1) is 0 Å². The molecule has 0 saturated heterocycles. The Kier molecular flexibility index (Phi) is 5.94. The van der Waals surface area contributed by atoms with Crippen molar-refractivity contribution in [2.45, 2.75) is 18.7 Å². The number of para-hydroxylation sites is 1. The number of sulfonamides is 1. The second-order valence-electron chi connectivity index (χ2n) is 3.83. The molecule has 0 aliphatic carbocycles. The number of hydrogen-bond donors (Lipinski definition) is 3. The lowest BCUT2D eigenvalue weighted by molar-refractivity contribution is -0.115. The lowest BCUT2D eigenvalue weighted by Crippen LogP contribution is -2.29. The lowest BCUT2D eigenvalue weighted by atomic mass is 10.3. The van der Waals surface area contributed by atoms with E-state index in [0.29, 0.717) is 13.1 Å². The fourth-order valence-electron chi connectivity index (χ4n) is 1.50. The van der Waals surface area contributed by atoms with E-state index >= 15 is 0 Å². The van der Waals surface area contributed by atoms with E-state index in [9.17, 15) is 13.2 Å². The third-order valence-corrected chi connectivity index (χ3v) is 3.92. The van der Waals surface area contributed by atoms with Crippen LogP contribution in [0.15, 0.2) is 29.2 Å². The summed E-state index contributed by atoms with van der Waals surface area (Å²) in [5.41, 5.74) is 0.284. The molecular formula is C12H19N3O3S. The molecule has 0 unspecified atom stereocenters. The van der Waals surface area contributed by atoms with E-state index in [2.05, 4.69) is 15.4 Å². The van der Waals surface area contributed by atoms with Gasteiger partial charge in [0.1, 0.15) is 4.90 Å². The van der Waals surface area contributed by atoms with E-state index in [1.807, 2.05) is 6.92 Å². The van der Waals surface area contributed by atoms with Crippen molar-refractivity contribution in [3.63, 3.8) is 0 Å². The van der Waals surface area contributed by atoms with Crippen LogP contribution in [0.5, 0.6) is 0 Å². The van der Waals surface area contributed by atoms with Crippen molar-refractivity contribution in [3.8, 4) is 0 Å². The van der Waals surface area contributed by atoms with Crippen molar-refractivity contribution in [1.29, 1.82) is 0 Å². The third-order valence-electron chi connectivity index (χ3n) is 2.32. The largest absolute Gasteiger partial charge is 0.324 e. The Morgan fingerprint density at radius 3 is 2.47 bits per heavy atom. The first-order valence-electron chi connectivity index (χ1n) is 6.10. The van der Waals surface area contributed by atoms with Gasteiger partial charge in [0, 0.05) is 6.54 Å². The van der Waals surface area contributed by atoms with Gasteiger partial charge in [0.25, 0.3) is 0 Å². The van der Waals surface area contributed by atoms with Crippen molar-refractivity contribution >= 4 is 21.6 Å². The van der Waals surface area contributed by atoms with Gasteiger partial charge in [-0.15, -0.1) is 0 Å². The molecule has 0 aromatic heterocycles. The van der Waals surface area contributed by atoms with E-state index in [-0.39, 0.29) is 23.0 Å². The lowest BCUT2D eigenvalue weighted by Gasteiger charge is -2.11. The highest BCUT2D eigenvalue weighted by molar-refractivity contribution is 7.89. The van der Waals surface area contributed by atoms with Gasteiger partial charge in [0.05, 0.1) is 12.2 Å². The van der Waals surface area contributed by atoms with Gasteiger partial charge < -0.3 is 10.6 Å². The summed E-state index contributed by atoms with van der Waals surface area (Å²) in [5.74, 6) is -0.277. The highest BCUT2D eigenvalue weighted by Gasteiger charge is 2.18. The second kappa shape index (κ2) is 7.22. The van der Waals surface area contributed by atoms with Gasteiger partial charge in [-0.2, -0.15) is 0 Å². The van der Waals surface area contributed by atoms with Crippen molar-refractivity contribution in [3.05, 3.63) is 24.3 Å². The van der Waals surface area contributed by atoms with Crippen molar-refractivity contribution in [1.82, 2.24) is 10.0 Å². The smallest absolute Gasteiger partial charge is 0.242 e. The molecule has 0 radical (unpaired) electrons. The molecule has 0 saturated carbocycles. The Morgan fingerprint density at radius 2 is 1.84 bits per heavy atom. The van der Waals surface area contributed by atoms with Crippen LogP contribution in [0.2, 0.25) is 0 Å². The van der Waals surface area contributed by atoms with Crippen LogP contribution >= 0.6 is 0 Å². The molecular weight excluding hydrogens is 266 g/mol. The summed E-state index contributed by atoms with van der Waals surface area (Å²) in [6.45, 7) is 4.69. The molecule has 0 aliphatic rings. The van der Waals surface area contributed by atoms with Crippen molar-refractivity contribution in [2.24, 2.45) is 0 Å². The highest BCUT2D eigenvalue weighted by Crippen LogP contribution is 2.20. The zero-order valence-electron chi connectivity index (χ0n) is 11.1. The Morgan fingerprint density at radius 1 is 1.16 bits per heavy atom. The van der Waals surface area contributed by atoms with E-state index in [0.717, 1.165) is 0 Å². The van der Waals surface area contributed by atoms with Gasteiger partial charge in [-0.05, 0) is 18.7 Å². The Bertz CT molecular complexity index is 529. The number of hydrogen-bond acceptors (Lipinski definition) is 4. The molecule has 7 heteroatoms. The van der Waals surface area contributed by atoms with Crippen LogP contribution in [0.25, 0.3) is 0 Å². The molecule has 1 aromatic carbocycles. The number of anilines is 1. The first kappa shape index (κ1) is 15.6. The number of carbonyl (C=O) groups excluding carboxylic acids is 1. The Balaban J connectivity index is 2.94. The molecule has 0 bridgehead atoms. The summed E-state index contributed by atoms with van der Waals surface area (Å²) in [4.78, 5) is 11.7.